The highest BCUT2D eigenvalue weighted by Gasteiger charge is 2.26. The van der Waals surface area contributed by atoms with E-state index in [1.165, 1.54) is 21.3 Å². The van der Waals surface area contributed by atoms with Crippen LogP contribution in [-0.2, 0) is 9.53 Å². The molecule has 1 aliphatic rings. The summed E-state index contributed by atoms with van der Waals surface area (Å²) in [7, 11) is 4.52. The molecule has 0 aromatic heterocycles. The molecule has 0 unspecified atom stereocenters. The lowest BCUT2D eigenvalue weighted by atomic mass is 10.1. The van der Waals surface area contributed by atoms with E-state index in [0.717, 1.165) is 0 Å². The second kappa shape index (κ2) is 7.49. The molecule has 134 valence electrons. The Balaban J connectivity index is 2.03. The molecule has 0 amide bonds. The predicted molar refractivity (Wildman–Crippen MR) is 98.2 cm³/mol. The maximum Gasteiger partial charge on any atom is 0.363 e. The van der Waals surface area contributed by atoms with Crippen molar-refractivity contribution in [2.45, 2.75) is 0 Å². The molecule has 26 heavy (non-hydrogen) atoms. The molecule has 0 aliphatic carbocycles. The van der Waals surface area contributed by atoms with E-state index in [4.69, 9.17) is 30.5 Å². The van der Waals surface area contributed by atoms with Crippen LogP contribution < -0.4 is 14.2 Å². The lowest BCUT2D eigenvalue weighted by molar-refractivity contribution is -0.129. The van der Waals surface area contributed by atoms with Crippen LogP contribution >= 0.6 is 11.6 Å². The van der Waals surface area contributed by atoms with Gasteiger partial charge >= 0.3 is 5.97 Å². The first-order valence-corrected chi connectivity index (χ1v) is 8.02. The summed E-state index contributed by atoms with van der Waals surface area (Å²) in [5.41, 5.74) is 1.35. The molecule has 1 heterocycles. The van der Waals surface area contributed by atoms with Crippen LogP contribution in [0.3, 0.4) is 0 Å². The molecule has 0 atom stereocenters. The third-order valence-electron chi connectivity index (χ3n) is 3.73. The maximum atomic E-state index is 12.2. The fraction of sp³-hybridized carbons (Fsp3) is 0.158. The Morgan fingerprint density at radius 2 is 1.69 bits per heavy atom. The van der Waals surface area contributed by atoms with Crippen molar-refractivity contribution >= 4 is 29.5 Å². The van der Waals surface area contributed by atoms with Crippen molar-refractivity contribution in [1.29, 1.82) is 0 Å². The summed E-state index contributed by atoms with van der Waals surface area (Å²) in [5, 5.41) is 0.518. The van der Waals surface area contributed by atoms with Gasteiger partial charge in [0.05, 0.1) is 21.3 Å². The number of carbonyl (C=O) groups excluding carboxylic acids is 1. The molecule has 6 nitrogen and oxygen atoms in total. The lowest BCUT2D eigenvalue weighted by Crippen LogP contribution is -2.06. The van der Waals surface area contributed by atoms with Crippen LogP contribution in [0.1, 0.15) is 11.1 Å². The summed E-state index contributed by atoms with van der Waals surface area (Å²) in [6, 6.07) is 10.5. The highest BCUT2D eigenvalue weighted by atomic mass is 35.5. The van der Waals surface area contributed by atoms with E-state index in [-0.39, 0.29) is 11.6 Å². The van der Waals surface area contributed by atoms with Gasteiger partial charge in [0, 0.05) is 10.6 Å². The van der Waals surface area contributed by atoms with Crippen LogP contribution in [-0.4, -0.2) is 33.2 Å². The largest absolute Gasteiger partial charge is 0.493 e. The molecule has 0 fully saturated rings. The Morgan fingerprint density at radius 1 is 1.04 bits per heavy atom. The third-order valence-corrected chi connectivity index (χ3v) is 4.07. The van der Waals surface area contributed by atoms with Crippen molar-refractivity contribution in [2.24, 2.45) is 4.99 Å². The van der Waals surface area contributed by atoms with Crippen molar-refractivity contribution in [1.82, 2.24) is 0 Å². The van der Waals surface area contributed by atoms with Crippen LogP contribution in [0.15, 0.2) is 47.1 Å². The van der Waals surface area contributed by atoms with Crippen molar-refractivity contribution in [3.8, 4) is 17.2 Å². The molecule has 3 rings (SSSR count). The van der Waals surface area contributed by atoms with Gasteiger partial charge in [0.1, 0.15) is 0 Å². The minimum atomic E-state index is -0.561. The summed E-state index contributed by atoms with van der Waals surface area (Å²) in [6.07, 6.45) is 1.58. The Morgan fingerprint density at radius 3 is 2.27 bits per heavy atom. The minimum absolute atomic E-state index is 0.146. The Kier molecular flexibility index (Phi) is 5.14. The van der Waals surface area contributed by atoms with Crippen LogP contribution in [0.4, 0.5) is 0 Å². The lowest BCUT2D eigenvalue weighted by Gasteiger charge is -2.13. The average molecular weight is 374 g/mol. The number of nitrogens with zero attached hydrogens (tertiary/aromatic N) is 1. The normalized spacial score (nSPS) is 14.8. The van der Waals surface area contributed by atoms with Crippen molar-refractivity contribution in [3.63, 3.8) is 0 Å². The molecule has 7 heteroatoms. The smallest absolute Gasteiger partial charge is 0.363 e. The summed E-state index contributed by atoms with van der Waals surface area (Å²) >= 11 is 6.12. The second-order valence-electron chi connectivity index (χ2n) is 5.27. The van der Waals surface area contributed by atoms with E-state index >= 15 is 0 Å². The van der Waals surface area contributed by atoms with Gasteiger partial charge < -0.3 is 18.9 Å². The van der Waals surface area contributed by atoms with Gasteiger partial charge in [0.15, 0.2) is 17.2 Å². The molecule has 0 saturated carbocycles. The fourth-order valence-electron chi connectivity index (χ4n) is 2.48. The highest BCUT2D eigenvalue weighted by molar-refractivity contribution is 6.32. The number of ether oxygens (including phenoxy) is 4. The fourth-order valence-corrected chi connectivity index (χ4v) is 2.67. The van der Waals surface area contributed by atoms with E-state index in [9.17, 15) is 4.79 Å². The van der Waals surface area contributed by atoms with Crippen molar-refractivity contribution in [3.05, 3.63) is 58.2 Å². The second-order valence-corrected chi connectivity index (χ2v) is 5.68. The van der Waals surface area contributed by atoms with E-state index < -0.39 is 5.97 Å². The number of hydrogen-bond acceptors (Lipinski definition) is 6. The van der Waals surface area contributed by atoms with Gasteiger partial charge in [-0.1, -0.05) is 29.8 Å². The SMILES string of the molecule is COc1cc(C2=N/C(=C\c3ccccc3Cl)C(=O)O2)cc(OC)c1OC. The van der Waals surface area contributed by atoms with E-state index in [1.54, 1.807) is 30.3 Å². The number of carbonyl (C=O) groups is 1. The van der Waals surface area contributed by atoms with E-state index in [0.29, 0.717) is 33.4 Å². The van der Waals surface area contributed by atoms with Crippen LogP contribution in [0.25, 0.3) is 6.08 Å². The van der Waals surface area contributed by atoms with Crippen LogP contribution in [0, 0.1) is 0 Å². The van der Waals surface area contributed by atoms with E-state index in [1.807, 2.05) is 12.1 Å². The molecule has 0 bridgehead atoms. The summed E-state index contributed by atoms with van der Waals surface area (Å²) in [4.78, 5) is 16.4. The van der Waals surface area contributed by atoms with Gasteiger partial charge in [-0.05, 0) is 29.8 Å². The number of benzene rings is 2. The molecule has 0 saturated heterocycles. The zero-order valence-corrected chi connectivity index (χ0v) is 15.2. The molecule has 2 aromatic rings. The molecular weight excluding hydrogens is 358 g/mol. The molecule has 0 spiro atoms. The van der Waals surface area contributed by atoms with Gasteiger partial charge in [-0.3, -0.25) is 0 Å². The molecular formula is C19H16ClNO5. The molecule has 1 aliphatic heterocycles. The monoisotopic (exact) mass is 373 g/mol. The quantitative estimate of drug-likeness (QED) is 0.590. The zero-order valence-electron chi connectivity index (χ0n) is 14.4. The topological polar surface area (TPSA) is 66.4 Å². The number of aliphatic imine (C=N–C) groups is 1. The summed E-state index contributed by atoms with van der Waals surface area (Å²) in [5.74, 6) is 0.894. The van der Waals surface area contributed by atoms with Gasteiger partial charge in [-0.15, -0.1) is 0 Å². The highest BCUT2D eigenvalue weighted by Crippen LogP contribution is 2.39. The number of halogens is 1. The van der Waals surface area contributed by atoms with Gasteiger partial charge in [0.2, 0.25) is 11.6 Å². The first-order chi connectivity index (χ1) is 12.6. The van der Waals surface area contributed by atoms with Gasteiger partial charge in [-0.25, -0.2) is 9.79 Å². The molecule has 0 N–H and O–H groups in total. The average Bonchev–Trinajstić information content (AvgIpc) is 3.02. The van der Waals surface area contributed by atoms with Crippen LogP contribution in [0.2, 0.25) is 5.02 Å². The predicted octanol–water partition coefficient (Wildman–Crippen LogP) is 3.71. The number of cyclic esters (lactones) is 1. The standard InChI is InChI=1S/C19H16ClNO5/c1-23-15-9-12(10-16(24-2)17(15)25-3)18-21-14(19(22)26-18)8-11-6-4-5-7-13(11)20/h4-10H,1-3H3/b14-8-. The molecule has 2 aromatic carbocycles. The van der Waals surface area contributed by atoms with Gasteiger partial charge in [0.25, 0.3) is 0 Å². The van der Waals surface area contributed by atoms with E-state index in [2.05, 4.69) is 4.99 Å². The van der Waals surface area contributed by atoms with Crippen molar-refractivity contribution in [2.75, 3.05) is 21.3 Å². The number of esters is 1. The first-order valence-electron chi connectivity index (χ1n) is 7.65. The van der Waals surface area contributed by atoms with Crippen LogP contribution in [0.5, 0.6) is 17.2 Å². The minimum Gasteiger partial charge on any atom is -0.493 e. The van der Waals surface area contributed by atoms with Crippen molar-refractivity contribution < 1.29 is 23.7 Å². The summed E-state index contributed by atoms with van der Waals surface area (Å²) in [6.45, 7) is 0. The zero-order chi connectivity index (χ0) is 18.7. The molecule has 0 radical (unpaired) electrons. The Hall–Kier alpha value is -2.99. The first kappa shape index (κ1) is 17.8. The number of methoxy groups -OCH3 is 3. The number of rotatable bonds is 5. The Labute approximate surface area is 155 Å². The van der Waals surface area contributed by atoms with Gasteiger partial charge in [-0.2, -0.15) is 0 Å². The maximum absolute atomic E-state index is 12.2. The number of hydrogen-bond donors (Lipinski definition) is 0. The Bertz CT molecular complexity index is 895. The summed E-state index contributed by atoms with van der Waals surface area (Å²) < 4.78 is 21.2. The third kappa shape index (κ3) is 3.36.